The van der Waals surface area contributed by atoms with E-state index < -0.39 is 43.9 Å². The van der Waals surface area contributed by atoms with Crippen molar-refractivity contribution in [3.05, 3.63) is 39.1 Å². The first-order valence-corrected chi connectivity index (χ1v) is 16.4. The Kier molecular flexibility index (Phi) is 6.91. The van der Waals surface area contributed by atoms with Crippen molar-refractivity contribution in [3.8, 4) is 5.75 Å². The van der Waals surface area contributed by atoms with Gasteiger partial charge in [0, 0.05) is 13.1 Å². The van der Waals surface area contributed by atoms with Gasteiger partial charge in [0.15, 0.2) is 27.0 Å². The van der Waals surface area contributed by atoms with E-state index in [0.29, 0.717) is 23.5 Å². The van der Waals surface area contributed by atoms with Crippen LogP contribution >= 0.6 is 11.3 Å². The van der Waals surface area contributed by atoms with Gasteiger partial charge >= 0.3 is 0 Å². The van der Waals surface area contributed by atoms with Gasteiger partial charge in [-0.2, -0.15) is 12.7 Å². The molecule has 39 heavy (non-hydrogen) atoms. The smallest absolute Gasteiger partial charge is 0.288 e. The molecule has 1 atom stereocenters. The predicted octanol–water partition coefficient (Wildman–Crippen LogP) is 3.87. The van der Waals surface area contributed by atoms with E-state index >= 15 is 0 Å². The van der Waals surface area contributed by atoms with Crippen LogP contribution in [0.5, 0.6) is 5.75 Å². The first-order valence-electron chi connectivity index (χ1n) is 12.7. The van der Waals surface area contributed by atoms with Gasteiger partial charge in [-0.15, -0.1) is 15.7 Å². The number of fused-ring (bicyclic) bond motifs is 3. The highest BCUT2D eigenvalue weighted by Gasteiger charge is 2.63. The van der Waals surface area contributed by atoms with Crippen LogP contribution in [-0.2, 0) is 35.3 Å². The summed E-state index contributed by atoms with van der Waals surface area (Å²) >= 11 is 0.707. The van der Waals surface area contributed by atoms with E-state index in [1.54, 1.807) is 27.0 Å². The number of nitrogens with one attached hydrogen (secondary N) is 2. The largest absolute Gasteiger partial charge is 0.504 e. The Morgan fingerprint density at radius 1 is 1.26 bits per heavy atom. The number of nitrogens with zero attached hydrogens (tertiary/aromatic N) is 2. The topological polar surface area (TPSA) is 160 Å². The maximum atomic E-state index is 13.4. The monoisotopic (exact) mass is 600 g/mol. The van der Waals surface area contributed by atoms with Crippen LogP contribution in [0.15, 0.2) is 36.0 Å². The highest BCUT2D eigenvalue weighted by atomic mass is 32.2. The zero-order valence-corrected chi connectivity index (χ0v) is 24.9. The number of amidine groups is 1. The van der Waals surface area contributed by atoms with Crippen LogP contribution in [0.2, 0.25) is 0 Å². The lowest BCUT2D eigenvalue weighted by Gasteiger charge is -2.47. The lowest BCUT2D eigenvalue weighted by molar-refractivity contribution is -0.433. The fourth-order valence-electron chi connectivity index (χ4n) is 4.91. The van der Waals surface area contributed by atoms with E-state index in [0.717, 1.165) is 5.56 Å². The Hall–Kier alpha value is -2.43. The molecule has 5 heterocycles. The molecule has 3 aliphatic heterocycles. The Bertz CT molecular complexity index is 1580. The van der Waals surface area contributed by atoms with Crippen molar-refractivity contribution in [1.29, 1.82) is 0 Å². The van der Waals surface area contributed by atoms with Crippen LogP contribution in [0.1, 0.15) is 76.1 Å². The predicted molar refractivity (Wildman–Crippen MR) is 145 cm³/mol. The number of anilines is 1. The summed E-state index contributed by atoms with van der Waals surface area (Å²) in [7, 11) is -8.39. The molecular weight excluding hydrogens is 568 g/mol. The van der Waals surface area contributed by atoms with Crippen LogP contribution in [0.3, 0.4) is 0 Å². The van der Waals surface area contributed by atoms with Crippen molar-refractivity contribution < 1.29 is 35.8 Å². The van der Waals surface area contributed by atoms with E-state index in [2.05, 4.69) is 15.0 Å². The lowest BCUT2D eigenvalue weighted by Crippen LogP contribution is -2.54. The molecule has 15 heteroatoms. The second-order valence-electron chi connectivity index (χ2n) is 9.74. The summed E-state index contributed by atoms with van der Waals surface area (Å²) in [6.07, 6.45) is 1.44. The summed E-state index contributed by atoms with van der Waals surface area (Å²) in [5.74, 6) is -1.65. The highest BCUT2D eigenvalue weighted by Crippen LogP contribution is 2.60. The maximum absolute atomic E-state index is 13.4. The molecule has 0 unspecified atom stereocenters. The van der Waals surface area contributed by atoms with Gasteiger partial charge in [-0.3, -0.25) is 0 Å². The third-order valence-corrected chi connectivity index (χ3v) is 12.2. The number of hydrogen-bond acceptors (Lipinski definition) is 11. The zero-order chi connectivity index (χ0) is 28.5. The molecule has 2 aromatic heterocycles. The fraction of sp³-hybridized carbons (Fsp3) is 0.542. The molecule has 214 valence electrons. The summed E-state index contributed by atoms with van der Waals surface area (Å²) in [5.41, 5.74) is 1.01. The number of aromatic hydroxyl groups is 1. The number of sulfonamides is 2. The van der Waals surface area contributed by atoms with Gasteiger partial charge in [0.2, 0.25) is 0 Å². The number of hydrogen-bond donors (Lipinski definition) is 3. The van der Waals surface area contributed by atoms with Gasteiger partial charge < -0.3 is 29.6 Å². The molecule has 0 aromatic carbocycles. The summed E-state index contributed by atoms with van der Waals surface area (Å²) in [6.45, 7) is 11.3. The molecule has 1 saturated heterocycles. The molecule has 0 radical (unpaired) electrons. The van der Waals surface area contributed by atoms with Gasteiger partial charge in [0.05, 0.1) is 17.2 Å². The third-order valence-electron chi connectivity index (χ3n) is 6.95. The van der Waals surface area contributed by atoms with E-state index in [1.165, 1.54) is 4.31 Å². The molecule has 3 N–H and O–H groups in total. The molecule has 0 aliphatic carbocycles. The molecule has 12 nitrogen and oxygen atoms in total. The standard InChI is InChI=1S/C24H32N4O8S3/c1-7-15(16-10-14(11-34-16)12(4)5)25-22-18-21(38(30,31)27-22)24(35-13(6)36-24)20-17(26-18)19(29)23(37-20)39(32,33)28(8-2)9-3/h10-13,15,26,29H,7-9H2,1-6H3,(H,25,27)/t13?,15-,24?/m1/s1. The highest BCUT2D eigenvalue weighted by molar-refractivity contribution is 7.94. The van der Waals surface area contributed by atoms with Gasteiger partial charge in [-0.05, 0) is 30.9 Å². The molecule has 3 aliphatic rings. The van der Waals surface area contributed by atoms with Crippen molar-refractivity contribution >= 4 is 42.9 Å². The van der Waals surface area contributed by atoms with Gasteiger partial charge in [0.25, 0.3) is 25.8 Å². The average Bonchev–Trinajstić information content (AvgIpc) is 3.53. The van der Waals surface area contributed by atoms with Crippen LogP contribution in [-0.4, -0.2) is 51.5 Å². The minimum atomic E-state index is -4.31. The van der Waals surface area contributed by atoms with Crippen LogP contribution in [0.25, 0.3) is 0 Å². The summed E-state index contributed by atoms with van der Waals surface area (Å²) in [5, 5.41) is 17.2. The Balaban J connectivity index is 1.60. The quantitative estimate of drug-likeness (QED) is 0.406. The number of furan rings is 1. The van der Waals surface area contributed by atoms with Crippen LogP contribution < -0.4 is 10.6 Å². The molecule has 0 amide bonds. The molecule has 1 fully saturated rings. The molecule has 0 saturated carbocycles. The SMILES string of the molecule is CC[C@@H](NC1=NS(=O)(=O)C2=C1Nc1c(sc(S(=O)(=O)N(CC)CC)c1O)C21OC(C)O1)c1cc(C(C)C)co1. The molecule has 0 bridgehead atoms. The molecule has 5 rings (SSSR count). The third kappa shape index (κ3) is 4.21. The summed E-state index contributed by atoms with van der Waals surface area (Å²) in [4.78, 5) is -0.212. The summed E-state index contributed by atoms with van der Waals surface area (Å²) in [6, 6.07) is 1.49. The van der Waals surface area contributed by atoms with Crippen molar-refractivity contribution in [3.63, 3.8) is 0 Å². The number of ether oxygens (including phenoxy) is 2. The Morgan fingerprint density at radius 3 is 2.46 bits per heavy atom. The Morgan fingerprint density at radius 2 is 1.92 bits per heavy atom. The first-order chi connectivity index (χ1) is 18.3. The fourth-order valence-corrected chi connectivity index (χ4v) is 9.61. The number of thiophene rings is 1. The Labute approximate surface area is 231 Å². The van der Waals surface area contributed by atoms with E-state index in [1.807, 2.05) is 26.8 Å². The van der Waals surface area contributed by atoms with Crippen molar-refractivity contribution in [1.82, 2.24) is 9.62 Å². The van der Waals surface area contributed by atoms with Gasteiger partial charge in [-0.1, -0.05) is 34.6 Å². The minimum Gasteiger partial charge on any atom is -0.504 e. The average molecular weight is 601 g/mol. The van der Waals surface area contributed by atoms with E-state index in [9.17, 15) is 21.9 Å². The molecule has 2 aromatic rings. The van der Waals surface area contributed by atoms with Crippen molar-refractivity contribution in [2.24, 2.45) is 4.40 Å². The molecule has 1 spiro atoms. The van der Waals surface area contributed by atoms with Crippen molar-refractivity contribution in [2.75, 3.05) is 18.4 Å². The normalized spacial score (nSPS) is 24.4. The van der Waals surface area contributed by atoms with E-state index in [-0.39, 0.29) is 50.2 Å². The maximum Gasteiger partial charge on any atom is 0.288 e. The second kappa shape index (κ2) is 9.59. The minimum absolute atomic E-state index is 0.00359. The zero-order valence-electron chi connectivity index (χ0n) is 22.4. The molecular formula is C24H32N4O8S3. The van der Waals surface area contributed by atoms with Crippen LogP contribution in [0.4, 0.5) is 5.69 Å². The first kappa shape index (κ1) is 28.1. The number of rotatable bonds is 8. The lowest BCUT2D eigenvalue weighted by atomic mass is 10.0. The van der Waals surface area contributed by atoms with Gasteiger partial charge in [0.1, 0.15) is 17.1 Å². The van der Waals surface area contributed by atoms with Gasteiger partial charge in [-0.25, -0.2) is 8.42 Å². The second-order valence-corrected chi connectivity index (χ2v) is 14.4. The van der Waals surface area contributed by atoms with Crippen molar-refractivity contribution in [2.45, 2.75) is 76.2 Å². The van der Waals surface area contributed by atoms with E-state index in [4.69, 9.17) is 13.9 Å². The van der Waals surface area contributed by atoms with Crippen LogP contribution in [0, 0.1) is 0 Å². The summed E-state index contributed by atoms with van der Waals surface area (Å²) < 4.78 is 75.9.